The Morgan fingerprint density at radius 2 is 0.778 bits per heavy atom. The molecule has 0 bridgehead atoms. The molecule has 1 aliphatic heterocycles. The quantitative estimate of drug-likeness (QED) is 0.0624. The first kappa shape index (κ1) is 40.7. The van der Waals surface area contributed by atoms with Gasteiger partial charge in [0.15, 0.2) is 0 Å². The van der Waals surface area contributed by atoms with Gasteiger partial charge in [-0.3, -0.25) is 4.79 Å². The highest BCUT2D eigenvalue weighted by Crippen LogP contribution is 2.32. The number of rotatable bonds is 29. The molecule has 1 rings (SSSR count). The third kappa shape index (κ3) is 18.4. The van der Waals surface area contributed by atoms with Gasteiger partial charge in [-0.05, 0) is 26.7 Å². The lowest BCUT2D eigenvalue weighted by molar-refractivity contribution is -0.148. The second-order valence-electron chi connectivity index (χ2n) is 13.0. The number of hydrogen-bond donors (Lipinski definition) is 2. The van der Waals surface area contributed by atoms with E-state index in [0.29, 0.717) is 11.4 Å². The Labute approximate surface area is 275 Å². The number of dihydropyridines is 1. The van der Waals surface area contributed by atoms with Crippen molar-refractivity contribution in [3.63, 3.8) is 0 Å². The molecule has 7 nitrogen and oxygen atoms in total. The van der Waals surface area contributed by atoms with Crippen LogP contribution in [0, 0.1) is 5.92 Å². The Balaban J connectivity index is 2.35. The lowest BCUT2D eigenvalue weighted by Gasteiger charge is -2.27. The van der Waals surface area contributed by atoms with Crippen molar-refractivity contribution < 1.29 is 29.0 Å². The summed E-state index contributed by atoms with van der Waals surface area (Å²) in [4.78, 5) is 38.4. The van der Waals surface area contributed by atoms with E-state index in [1.165, 1.54) is 116 Å². The average molecular weight is 634 g/mol. The summed E-state index contributed by atoms with van der Waals surface area (Å²) < 4.78 is 11.0. The van der Waals surface area contributed by atoms with Gasteiger partial charge in [0, 0.05) is 11.4 Å². The van der Waals surface area contributed by atoms with Crippen LogP contribution in [0.25, 0.3) is 0 Å². The van der Waals surface area contributed by atoms with Crippen LogP contribution in [0.4, 0.5) is 0 Å². The molecule has 0 fully saturated rings. The number of unbranched alkanes of at least 4 members (excludes halogenated alkanes) is 22. The molecule has 0 atom stereocenters. The van der Waals surface area contributed by atoms with Crippen molar-refractivity contribution in [1.82, 2.24) is 5.32 Å². The summed E-state index contributed by atoms with van der Waals surface area (Å²) in [7, 11) is 0. The monoisotopic (exact) mass is 633 g/mol. The maximum atomic E-state index is 13.0. The van der Waals surface area contributed by atoms with Crippen molar-refractivity contribution in [3.05, 3.63) is 22.5 Å². The van der Waals surface area contributed by atoms with Crippen LogP contribution in [0.5, 0.6) is 0 Å². The van der Waals surface area contributed by atoms with Crippen LogP contribution in [-0.2, 0) is 23.9 Å². The molecule has 260 valence electrons. The van der Waals surface area contributed by atoms with Gasteiger partial charge in [-0.25, -0.2) is 9.59 Å². The summed E-state index contributed by atoms with van der Waals surface area (Å²) in [6.45, 7) is 8.25. The summed E-state index contributed by atoms with van der Waals surface area (Å²) in [6.07, 6.45) is 29.1. The molecule has 0 saturated carbocycles. The lowest BCUT2D eigenvalue weighted by atomic mass is 9.85. The molecule has 0 aromatic rings. The fourth-order valence-corrected chi connectivity index (χ4v) is 6.15. The Hall–Kier alpha value is -2.31. The average Bonchev–Trinajstić information content (AvgIpc) is 3.01. The van der Waals surface area contributed by atoms with Gasteiger partial charge < -0.3 is 19.9 Å². The van der Waals surface area contributed by atoms with Crippen molar-refractivity contribution in [1.29, 1.82) is 0 Å². The second kappa shape index (κ2) is 26.9. The van der Waals surface area contributed by atoms with Crippen molar-refractivity contribution in [2.75, 3.05) is 13.2 Å². The molecule has 0 aromatic heterocycles. The van der Waals surface area contributed by atoms with Crippen molar-refractivity contribution >= 4 is 17.9 Å². The van der Waals surface area contributed by atoms with Crippen LogP contribution in [0.3, 0.4) is 0 Å². The molecule has 0 aliphatic carbocycles. The molecule has 0 radical (unpaired) electrons. The summed E-state index contributed by atoms with van der Waals surface area (Å²) >= 11 is 0. The molecule has 1 heterocycles. The van der Waals surface area contributed by atoms with Gasteiger partial charge in [0.1, 0.15) is 5.92 Å². The van der Waals surface area contributed by atoms with Gasteiger partial charge in [-0.2, -0.15) is 0 Å². The van der Waals surface area contributed by atoms with E-state index in [-0.39, 0.29) is 24.4 Å². The van der Waals surface area contributed by atoms with E-state index in [4.69, 9.17) is 9.47 Å². The maximum Gasteiger partial charge on any atom is 0.337 e. The number of allylic oxidation sites excluding steroid dienone is 2. The number of carboxylic acids is 1. The Kier molecular flexibility index (Phi) is 24.3. The van der Waals surface area contributed by atoms with Crippen molar-refractivity contribution in [2.45, 2.75) is 182 Å². The highest BCUT2D eigenvalue weighted by Gasteiger charge is 2.41. The summed E-state index contributed by atoms with van der Waals surface area (Å²) in [5.74, 6) is -4.04. The lowest BCUT2D eigenvalue weighted by Crippen LogP contribution is -2.37. The van der Waals surface area contributed by atoms with Crippen LogP contribution in [0.1, 0.15) is 182 Å². The van der Waals surface area contributed by atoms with E-state index in [1.807, 2.05) is 0 Å². The largest absolute Gasteiger partial charge is 0.481 e. The highest BCUT2D eigenvalue weighted by molar-refractivity contribution is 6.05. The zero-order chi connectivity index (χ0) is 33.1. The number of ether oxygens (including phenoxy) is 2. The number of carbonyl (C=O) groups is 3. The molecule has 0 spiro atoms. The number of carboxylic acid groups (broad SMARTS) is 1. The van der Waals surface area contributed by atoms with Gasteiger partial charge >= 0.3 is 17.9 Å². The van der Waals surface area contributed by atoms with Crippen LogP contribution < -0.4 is 5.32 Å². The van der Waals surface area contributed by atoms with Gasteiger partial charge in [0.2, 0.25) is 0 Å². The molecule has 0 unspecified atom stereocenters. The predicted octanol–water partition coefficient (Wildman–Crippen LogP) is 10.3. The Morgan fingerprint density at radius 3 is 1.04 bits per heavy atom. The molecule has 0 aromatic carbocycles. The second-order valence-corrected chi connectivity index (χ2v) is 13.0. The standard InChI is InChI=1S/C38H67NO6/c1-5-7-9-11-13-15-17-19-21-23-25-27-29-44-37(42)33-31(3)39-32(4)34(35(33)36(40)41)38(43)45-30-28-26-24-22-20-18-16-14-12-10-8-6-2/h35,39H,5-30H2,1-4H3,(H,40,41). The molecule has 0 saturated heterocycles. The topological polar surface area (TPSA) is 102 Å². The third-order valence-corrected chi connectivity index (χ3v) is 8.91. The van der Waals surface area contributed by atoms with E-state index < -0.39 is 23.8 Å². The molecular weight excluding hydrogens is 566 g/mol. The summed E-state index contributed by atoms with van der Waals surface area (Å²) in [6, 6.07) is 0. The van der Waals surface area contributed by atoms with Gasteiger partial charge in [0.25, 0.3) is 0 Å². The first-order chi connectivity index (χ1) is 21.8. The van der Waals surface area contributed by atoms with Crippen LogP contribution in [0.2, 0.25) is 0 Å². The van der Waals surface area contributed by atoms with Crippen molar-refractivity contribution in [2.24, 2.45) is 5.92 Å². The number of hydrogen-bond acceptors (Lipinski definition) is 6. The highest BCUT2D eigenvalue weighted by atomic mass is 16.5. The zero-order valence-electron chi connectivity index (χ0n) is 29.5. The zero-order valence-corrected chi connectivity index (χ0v) is 29.5. The third-order valence-electron chi connectivity index (χ3n) is 8.91. The number of esters is 2. The SMILES string of the molecule is CCCCCCCCCCCCCCOC(=O)C1=C(C)NC(C)=C(C(=O)OCCCCCCCCCCCCCC)C1C(=O)O. The normalized spacial score (nSPS) is 13.7. The number of aliphatic carboxylic acids is 1. The van der Waals surface area contributed by atoms with E-state index in [1.54, 1.807) is 13.8 Å². The van der Waals surface area contributed by atoms with E-state index in [2.05, 4.69) is 19.2 Å². The van der Waals surface area contributed by atoms with Gasteiger partial charge in [-0.1, -0.05) is 155 Å². The molecule has 45 heavy (non-hydrogen) atoms. The number of nitrogens with one attached hydrogen (secondary N) is 1. The minimum absolute atomic E-state index is 0.0237. The Bertz CT molecular complexity index is 829. The molecule has 0 amide bonds. The van der Waals surface area contributed by atoms with Gasteiger partial charge in [-0.15, -0.1) is 0 Å². The van der Waals surface area contributed by atoms with E-state index in [9.17, 15) is 19.5 Å². The minimum atomic E-state index is -1.41. The maximum absolute atomic E-state index is 13.0. The molecule has 1 aliphatic rings. The van der Waals surface area contributed by atoms with E-state index in [0.717, 1.165) is 38.5 Å². The first-order valence-corrected chi connectivity index (χ1v) is 18.6. The van der Waals surface area contributed by atoms with Crippen LogP contribution in [0.15, 0.2) is 22.5 Å². The number of carbonyl (C=O) groups excluding carboxylic acids is 2. The predicted molar refractivity (Wildman–Crippen MR) is 184 cm³/mol. The van der Waals surface area contributed by atoms with Gasteiger partial charge in [0.05, 0.1) is 24.4 Å². The first-order valence-electron chi connectivity index (χ1n) is 18.6. The molecule has 7 heteroatoms. The fourth-order valence-electron chi connectivity index (χ4n) is 6.15. The minimum Gasteiger partial charge on any atom is -0.481 e. The molecule has 2 N–H and O–H groups in total. The van der Waals surface area contributed by atoms with Crippen LogP contribution in [-0.4, -0.2) is 36.2 Å². The van der Waals surface area contributed by atoms with Crippen LogP contribution >= 0.6 is 0 Å². The Morgan fingerprint density at radius 1 is 0.511 bits per heavy atom. The fraction of sp³-hybridized carbons (Fsp3) is 0.816. The summed E-state index contributed by atoms with van der Waals surface area (Å²) in [5.41, 5.74) is 0.753. The smallest absolute Gasteiger partial charge is 0.337 e. The van der Waals surface area contributed by atoms with Crippen molar-refractivity contribution in [3.8, 4) is 0 Å². The molecular formula is C38H67NO6. The van der Waals surface area contributed by atoms with E-state index >= 15 is 0 Å². The summed E-state index contributed by atoms with van der Waals surface area (Å²) in [5, 5.41) is 13.1.